The van der Waals surface area contributed by atoms with E-state index >= 15 is 0 Å². The van der Waals surface area contributed by atoms with E-state index in [2.05, 4.69) is 19.2 Å². The first-order valence-electron chi connectivity index (χ1n) is 10.9. The maximum atomic E-state index is 12.9. The highest BCUT2D eigenvalue weighted by Gasteiger charge is 2.36. The molecule has 7 heteroatoms. The fourth-order valence-electron chi connectivity index (χ4n) is 4.58. The standard InChI is InChI=1S/C22H35N3O3S/c1-16-8-10-20(11-9-16)29(27,28)25-14-12-24(13-15-25)19(4)22(26)23-21-7-5-6-17(2)18(21)3/h8-11,17-19,21H,5-7,12-15H2,1-4H3,(H,23,26)/p+1/t17-,18-,19+,21-/m0/s1. The van der Waals surface area contributed by atoms with Crippen LogP contribution in [0.3, 0.4) is 0 Å². The first-order valence-corrected chi connectivity index (χ1v) is 12.4. The molecule has 6 nitrogen and oxygen atoms in total. The zero-order valence-corrected chi connectivity index (χ0v) is 19.0. The number of aryl methyl sites for hydroxylation is 1. The summed E-state index contributed by atoms with van der Waals surface area (Å²) in [6, 6.07) is 7.10. The third-order valence-corrected chi connectivity index (χ3v) is 8.98. The van der Waals surface area contributed by atoms with Gasteiger partial charge in [-0.05, 0) is 44.2 Å². The molecule has 1 aliphatic heterocycles. The van der Waals surface area contributed by atoms with Crippen molar-refractivity contribution in [3.8, 4) is 0 Å². The lowest BCUT2D eigenvalue weighted by Crippen LogP contribution is -3.19. The second-order valence-electron chi connectivity index (χ2n) is 8.98. The Morgan fingerprint density at radius 3 is 2.38 bits per heavy atom. The fourth-order valence-corrected chi connectivity index (χ4v) is 6.03. The van der Waals surface area contributed by atoms with E-state index in [0.717, 1.165) is 16.9 Å². The molecule has 4 atom stereocenters. The van der Waals surface area contributed by atoms with E-state index in [0.29, 0.717) is 42.9 Å². The Bertz CT molecular complexity index is 801. The molecule has 2 N–H and O–H groups in total. The molecule has 29 heavy (non-hydrogen) atoms. The summed E-state index contributed by atoms with van der Waals surface area (Å²) in [5, 5.41) is 3.28. The van der Waals surface area contributed by atoms with E-state index < -0.39 is 10.0 Å². The molecule has 1 saturated heterocycles. The molecule has 3 rings (SSSR count). The Labute approximate surface area is 175 Å². The number of sulfonamides is 1. The van der Waals surface area contributed by atoms with Crippen LogP contribution in [0.2, 0.25) is 0 Å². The highest BCUT2D eigenvalue weighted by Crippen LogP contribution is 2.29. The van der Waals surface area contributed by atoms with Crippen LogP contribution >= 0.6 is 0 Å². The number of amides is 1. The molecule has 1 aromatic carbocycles. The average Bonchev–Trinajstić information content (AvgIpc) is 2.71. The molecule has 0 spiro atoms. The van der Waals surface area contributed by atoms with Gasteiger partial charge in [0, 0.05) is 6.04 Å². The van der Waals surface area contributed by atoms with Gasteiger partial charge in [0.15, 0.2) is 6.04 Å². The molecular formula is C22H36N3O3S+. The van der Waals surface area contributed by atoms with E-state index in [9.17, 15) is 13.2 Å². The Kier molecular flexibility index (Phi) is 7.02. The molecular weight excluding hydrogens is 386 g/mol. The fraction of sp³-hybridized carbons (Fsp3) is 0.682. The molecule has 2 fully saturated rings. The predicted molar refractivity (Wildman–Crippen MR) is 114 cm³/mol. The largest absolute Gasteiger partial charge is 0.348 e. The second kappa shape index (κ2) is 9.14. The van der Waals surface area contributed by atoms with E-state index in [1.54, 1.807) is 16.4 Å². The molecule has 0 aromatic heterocycles. The van der Waals surface area contributed by atoms with Crippen molar-refractivity contribution in [1.82, 2.24) is 9.62 Å². The van der Waals surface area contributed by atoms with Gasteiger partial charge in [0.25, 0.3) is 5.91 Å². The third-order valence-electron chi connectivity index (χ3n) is 7.06. The molecule has 1 aliphatic carbocycles. The molecule has 1 amide bonds. The van der Waals surface area contributed by atoms with Crippen LogP contribution in [-0.4, -0.2) is 56.9 Å². The zero-order valence-electron chi connectivity index (χ0n) is 18.1. The predicted octanol–water partition coefficient (Wildman–Crippen LogP) is 1.21. The van der Waals surface area contributed by atoms with Crippen molar-refractivity contribution in [2.45, 2.75) is 63.9 Å². The highest BCUT2D eigenvalue weighted by molar-refractivity contribution is 7.89. The molecule has 2 aliphatic rings. The summed E-state index contributed by atoms with van der Waals surface area (Å²) in [7, 11) is -3.46. The minimum atomic E-state index is -3.46. The smallest absolute Gasteiger partial charge is 0.278 e. The maximum absolute atomic E-state index is 12.9. The number of nitrogens with one attached hydrogen (secondary N) is 2. The van der Waals surface area contributed by atoms with Gasteiger partial charge >= 0.3 is 0 Å². The number of piperazine rings is 1. The van der Waals surface area contributed by atoms with Crippen LogP contribution in [0.4, 0.5) is 0 Å². The highest BCUT2D eigenvalue weighted by atomic mass is 32.2. The number of carbonyl (C=O) groups is 1. The van der Waals surface area contributed by atoms with Gasteiger partial charge in [-0.3, -0.25) is 4.79 Å². The first-order chi connectivity index (χ1) is 13.7. The van der Waals surface area contributed by atoms with Crippen LogP contribution in [0, 0.1) is 18.8 Å². The average molecular weight is 423 g/mol. The number of hydrogen-bond acceptors (Lipinski definition) is 3. The van der Waals surface area contributed by atoms with Gasteiger partial charge in [0.2, 0.25) is 10.0 Å². The van der Waals surface area contributed by atoms with Crippen LogP contribution < -0.4 is 10.2 Å². The van der Waals surface area contributed by atoms with E-state index in [-0.39, 0.29) is 18.0 Å². The quantitative estimate of drug-likeness (QED) is 0.749. The van der Waals surface area contributed by atoms with Gasteiger partial charge in [-0.2, -0.15) is 4.31 Å². The minimum Gasteiger partial charge on any atom is -0.348 e. The van der Waals surface area contributed by atoms with E-state index in [4.69, 9.17) is 0 Å². The minimum absolute atomic E-state index is 0.0980. The number of hydrogen-bond donors (Lipinski definition) is 2. The lowest BCUT2D eigenvalue weighted by molar-refractivity contribution is -0.917. The molecule has 0 bridgehead atoms. The number of rotatable bonds is 5. The van der Waals surface area contributed by atoms with Crippen molar-refractivity contribution in [1.29, 1.82) is 0 Å². The summed E-state index contributed by atoms with van der Waals surface area (Å²) >= 11 is 0. The van der Waals surface area contributed by atoms with Gasteiger partial charge in [-0.15, -0.1) is 0 Å². The van der Waals surface area contributed by atoms with Crippen molar-refractivity contribution < 1.29 is 18.1 Å². The summed E-state index contributed by atoms with van der Waals surface area (Å²) in [5.74, 6) is 1.25. The van der Waals surface area contributed by atoms with Crippen LogP contribution in [-0.2, 0) is 14.8 Å². The van der Waals surface area contributed by atoms with Crippen molar-refractivity contribution in [3.05, 3.63) is 29.8 Å². The number of quaternary nitrogens is 1. The van der Waals surface area contributed by atoms with E-state index in [1.165, 1.54) is 12.8 Å². The SMILES string of the molecule is Cc1ccc(S(=O)(=O)N2CC[NH+]([C@H](C)C(=O)N[C@H]3CCC[C@H](C)[C@@H]3C)CC2)cc1. The normalized spacial score (nSPS) is 28.1. The first kappa shape index (κ1) is 22.2. The maximum Gasteiger partial charge on any atom is 0.278 e. The summed E-state index contributed by atoms with van der Waals surface area (Å²) in [6.07, 6.45) is 3.47. The van der Waals surface area contributed by atoms with Crippen LogP contribution in [0.5, 0.6) is 0 Å². The van der Waals surface area contributed by atoms with Gasteiger partial charge < -0.3 is 10.2 Å². The summed E-state index contributed by atoms with van der Waals surface area (Å²) in [6.45, 7) is 10.6. The van der Waals surface area contributed by atoms with Gasteiger partial charge in [-0.1, -0.05) is 44.4 Å². The number of nitrogens with zero attached hydrogens (tertiary/aromatic N) is 1. The zero-order chi connectivity index (χ0) is 21.2. The number of benzene rings is 1. The topological polar surface area (TPSA) is 70.9 Å². The lowest BCUT2D eigenvalue weighted by Gasteiger charge is -2.37. The molecule has 1 saturated carbocycles. The number of carbonyl (C=O) groups excluding carboxylic acids is 1. The molecule has 162 valence electrons. The molecule has 1 heterocycles. The van der Waals surface area contributed by atoms with Gasteiger partial charge in [0.05, 0.1) is 31.1 Å². The summed E-state index contributed by atoms with van der Waals surface area (Å²) < 4.78 is 27.3. The summed E-state index contributed by atoms with van der Waals surface area (Å²) in [5.41, 5.74) is 1.04. The van der Waals surface area contributed by atoms with Crippen LogP contribution in [0.15, 0.2) is 29.2 Å². The van der Waals surface area contributed by atoms with Crippen molar-refractivity contribution >= 4 is 15.9 Å². The van der Waals surface area contributed by atoms with Crippen molar-refractivity contribution in [2.75, 3.05) is 26.2 Å². The monoisotopic (exact) mass is 422 g/mol. The second-order valence-corrected chi connectivity index (χ2v) is 10.9. The Hall–Kier alpha value is -1.44. The molecule has 1 aromatic rings. The Balaban J connectivity index is 1.55. The van der Waals surface area contributed by atoms with Crippen molar-refractivity contribution in [3.63, 3.8) is 0 Å². The van der Waals surface area contributed by atoms with Crippen LogP contribution in [0.25, 0.3) is 0 Å². The lowest BCUT2D eigenvalue weighted by atomic mass is 9.78. The molecule has 0 unspecified atom stereocenters. The Morgan fingerprint density at radius 1 is 1.14 bits per heavy atom. The van der Waals surface area contributed by atoms with E-state index in [1.807, 2.05) is 26.0 Å². The Morgan fingerprint density at radius 2 is 1.76 bits per heavy atom. The van der Waals surface area contributed by atoms with Crippen LogP contribution in [0.1, 0.15) is 45.6 Å². The van der Waals surface area contributed by atoms with Crippen molar-refractivity contribution in [2.24, 2.45) is 11.8 Å². The van der Waals surface area contributed by atoms with Gasteiger partial charge in [-0.25, -0.2) is 8.42 Å². The molecule has 0 radical (unpaired) electrons. The van der Waals surface area contributed by atoms with Gasteiger partial charge in [0.1, 0.15) is 0 Å². The third kappa shape index (κ3) is 5.01. The summed E-state index contributed by atoms with van der Waals surface area (Å²) in [4.78, 5) is 14.3.